The van der Waals surface area contributed by atoms with Crippen LogP contribution < -0.4 is 0 Å². The Bertz CT molecular complexity index is 934. The summed E-state index contributed by atoms with van der Waals surface area (Å²) >= 11 is 6.07. The smallest absolute Gasteiger partial charge is 0.264 e. The standard InChI is InChI=1S/C16H15ClN2O3S/c1-12-6-8-13(9-7-12)23(20,21)22-11-10-19-15-5-3-2-4-14(15)16(17)18-19/h2-9H,10-11H2,1H3. The molecule has 0 fully saturated rings. The number of para-hydroxylation sites is 1. The number of halogens is 1. The van der Waals surface area contributed by atoms with Gasteiger partial charge in [-0.2, -0.15) is 13.5 Å². The molecule has 0 radical (unpaired) electrons. The lowest BCUT2D eigenvalue weighted by atomic mass is 10.2. The first kappa shape index (κ1) is 16.0. The van der Waals surface area contributed by atoms with E-state index in [2.05, 4.69) is 5.10 Å². The number of rotatable bonds is 5. The molecule has 5 nitrogen and oxygen atoms in total. The van der Waals surface area contributed by atoms with Gasteiger partial charge in [0.05, 0.1) is 23.6 Å². The van der Waals surface area contributed by atoms with E-state index in [1.54, 1.807) is 16.8 Å². The summed E-state index contributed by atoms with van der Waals surface area (Å²) in [5.74, 6) is 0. The van der Waals surface area contributed by atoms with Crippen molar-refractivity contribution in [3.8, 4) is 0 Å². The molecule has 0 bridgehead atoms. The Kier molecular flexibility index (Phi) is 4.39. The monoisotopic (exact) mass is 350 g/mol. The summed E-state index contributed by atoms with van der Waals surface area (Å²) in [6.07, 6.45) is 0. The van der Waals surface area contributed by atoms with Gasteiger partial charge in [0, 0.05) is 5.39 Å². The summed E-state index contributed by atoms with van der Waals surface area (Å²) < 4.78 is 31.0. The third kappa shape index (κ3) is 3.39. The van der Waals surface area contributed by atoms with Gasteiger partial charge >= 0.3 is 0 Å². The summed E-state index contributed by atoms with van der Waals surface area (Å²) in [6, 6.07) is 14.0. The third-order valence-electron chi connectivity index (χ3n) is 3.46. The zero-order valence-electron chi connectivity index (χ0n) is 12.4. The molecule has 0 aliphatic rings. The first-order valence-corrected chi connectivity index (χ1v) is 8.83. The van der Waals surface area contributed by atoms with Crippen molar-refractivity contribution >= 4 is 32.6 Å². The van der Waals surface area contributed by atoms with Gasteiger partial charge in [0.1, 0.15) is 0 Å². The lowest BCUT2D eigenvalue weighted by Crippen LogP contribution is -2.13. The Morgan fingerprint density at radius 3 is 2.57 bits per heavy atom. The number of aryl methyl sites for hydroxylation is 1. The SMILES string of the molecule is Cc1ccc(S(=O)(=O)OCCn2nc(Cl)c3ccccc32)cc1. The molecule has 0 saturated heterocycles. The highest BCUT2D eigenvalue weighted by molar-refractivity contribution is 7.86. The van der Waals surface area contributed by atoms with E-state index >= 15 is 0 Å². The van der Waals surface area contributed by atoms with Crippen LogP contribution in [0.15, 0.2) is 53.4 Å². The van der Waals surface area contributed by atoms with Crippen LogP contribution in [0.25, 0.3) is 10.9 Å². The largest absolute Gasteiger partial charge is 0.297 e. The quantitative estimate of drug-likeness (QED) is 0.662. The molecule has 0 N–H and O–H groups in total. The summed E-state index contributed by atoms with van der Waals surface area (Å²) in [6.45, 7) is 2.17. The van der Waals surface area contributed by atoms with Gasteiger partial charge in [-0.15, -0.1) is 0 Å². The lowest BCUT2D eigenvalue weighted by Gasteiger charge is -2.07. The average molecular weight is 351 g/mol. The van der Waals surface area contributed by atoms with Crippen LogP contribution in [0.1, 0.15) is 5.56 Å². The molecule has 0 amide bonds. The molecule has 3 rings (SSSR count). The highest BCUT2D eigenvalue weighted by Crippen LogP contribution is 2.22. The van der Waals surface area contributed by atoms with Crippen molar-refractivity contribution in [1.29, 1.82) is 0 Å². The van der Waals surface area contributed by atoms with Gasteiger partial charge in [-0.25, -0.2) is 0 Å². The minimum Gasteiger partial charge on any atom is -0.264 e. The molecule has 2 aromatic carbocycles. The van der Waals surface area contributed by atoms with Crippen LogP contribution in [-0.2, 0) is 20.8 Å². The predicted octanol–water partition coefficient (Wildman–Crippen LogP) is 3.40. The first-order chi connectivity index (χ1) is 11.0. The Morgan fingerprint density at radius 1 is 1.13 bits per heavy atom. The number of nitrogens with zero attached hydrogens (tertiary/aromatic N) is 2. The molecule has 3 aromatic rings. The second kappa shape index (κ2) is 6.31. The van der Waals surface area contributed by atoms with E-state index in [-0.39, 0.29) is 11.5 Å². The molecule has 0 aliphatic carbocycles. The first-order valence-electron chi connectivity index (χ1n) is 7.04. The number of hydrogen-bond donors (Lipinski definition) is 0. The van der Waals surface area contributed by atoms with Gasteiger partial charge < -0.3 is 0 Å². The molecule has 0 saturated carbocycles. The van der Waals surface area contributed by atoms with Crippen molar-refractivity contribution in [3.63, 3.8) is 0 Å². The lowest BCUT2D eigenvalue weighted by molar-refractivity contribution is 0.296. The molecule has 0 aliphatic heterocycles. The number of hydrogen-bond acceptors (Lipinski definition) is 4. The van der Waals surface area contributed by atoms with Crippen molar-refractivity contribution in [3.05, 3.63) is 59.2 Å². The minimum atomic E-state index is -3.77. The maximum absolute atomic E-state index is 12.1. The van der Waals surface area contributed by atoms with Gasteiger partial charge in [-0.05, 0) is 31.2 Å². The molecule has 23 heavy (non-hydrogen) atoms. The normalized spacial score (nSPS) is 11.9. The molecular weight excluding hydrogens is 336 g/mol. The Labute approximate surface area is 139 Å². The van der Waals surface area contributed by atoms with Crippen molar-refractivity contribution in [1.82, 2.24) is 9.78 Å². The van der Waals surface area contributed by atoms with Crippen molar-refractivity contribution in [2.45, 2.75) is 18.4 Å². The molecule has 0 atom stereocenters. The van der Waals surface area contributed by atoms with Crippen LogP contribution in [0, 0.1) is 6.92 Å². The minimum absolute atomic E-state index is 0.0157. The Hall–Kier alpha value is -1.89. The van der Waals surface area contributed by atoms with Crippen LogP contribution in [0.4, 0.5) is 0 Å². The molecule has 0 unspecified atom stereocenters. The van der Waals surface area contributed by atoms with Crippen molar-refractivity contribution in [2.24, 2.45) is 0 Å². The Morgan fingerprint density at radius 2 is 1.83 bits per heavy atom. The van der Waals surface area contributed by atoms with E-state index in [9.17, 15) is 8.42 Å². The van der Waals surface area contributed by atoms with Crippen LogP contribution >= 0.6 is 11.6 Å². The van der Waals surface area contributed by atoms with Crippen molar-refractivity contribution < 1.29 is 12.6 Å². The molecule has 1 heterocycles. The second-order valence-corrected chi connectivity index (χ2v) is 7.09. The molecule has 0 spiro atoms. The number of fused-ring (bicyclic) bond motifs is 1. The highest BCUT2D eigenvalue weighted by Gasteiger charge is 2.15. The van der Waals surface area contributed by atoms with E-state index < -0.39 is 10.1 Å². The third-order valence-corrected chi connectivity index (χ3v) is 5.07. The molecular formula is C16H15ClN2O3S. The van der Waals surface area contributed by atoms with Crippen LogP contribution in [0.2, 0.25) is 5.15 Å². The van der Waals surface area contributed by atoms with Crippen LogP contribution in [-0.4, -0.2) is 24.8 Å². The fourth-order valence-electron chi connectivity index (χ4n) is 2.26. The maximum atomic E-state index is 12.1. The van der Waals surface area contributed by atoms with E-state index in [1.807, 2.05) is 31.2 Å². The topological polar surface area (TPSA) is 61.2 Å². The number of aromatic nitrogens is 2. The van der Waals surface area contributed by atoms with Crippen LogP contribution in [0.3, 0.4) is 0 Å². The average Bonchev–Trinajstić information content (AvgIpc) is 2.85. The van der Waals surface area contributed by atoms with E-state index in [0.29, 0.717) is 11.7 Å². The van der Waals surface area contributed by atoms with E-state index in [4.69, 9.17) is 15.8 Å². The zero-order valence-corrected chi connectivity index (χ0v) is 14.0. The molecule has 7 heteroatoms. The molecule has 1 aromatic heterocycles. The summed E-state index contributed by atoms with van der Waals surface area (Å²) in [5.41, 5.74) is 1.83. The summed E-state index contributed by atoms with van der Waals surface area (Å²) in [5, 5.41) is 5.42. The summed E-state index contributed by atoms with van der Waals surface area (Å²) in [7, 11) is -3.77. The fourth-order valence-corrected chi connectivity index (χ4v) is 3.41. The van der Waals surface area contributed by atoms with Gasteiger partial charge in [0.15, 0.2) is 5.15 Å². The second-order valence-electron chi connectivity index (χ2n) is 5.12. The molecule has 120 valence electrons. The van der Waals surface area contributed by atoms with Gasteiger partial charge in [0.2, 0.25) is 0 Å². The summed E-state index contributed by atoms with van der Waals surface area (Å²) in [4.78, 5) is 0.145. The predicted molar refractivity (Wildman–Crippen MR) is 89.1 cm³/mol. The van der Waals surface area contributed by atoms with Crippen molar-refractivity contribution in [2.75, 3.05) is 6.61 Å². The number of benzene rings is 2. The zero-order chi connectivity index (χ0) is 16.4. The highest BCUT2D eigenvalue weighted by atomic mass is 35.5. The van der Waals surface area contributed by atoms with Gasteiger partial charge in [0.25, 0.3) is 10.1 Å². The van der Waals surface area contributed by atoms with Crippen LogP contribution in [0.5, 0.6) is 0 Å². The van der Waals surface area contributed by atoms with Gasteiger partial charge in [-0.3, -0.25) is 8.86 Å². The van der Waals surface area contributed by atoms with E-state index in [0.717, 1.165) is 16.5 Å². The maximum Gasteiger partial charge on any atom is 0.297 e. The fraction of sp³-hybridized carbons (Fsp3) is 0.188. The van der Waals surface area contributed by atoms with E-state index in [1.165, 1.54) is 12.1 Å². The van der Waals surface area contributed by atoms with Gasteiger partial charge in [-0.1, -0.05) is 41.4 Å². The Balaban J connectivity index is 1.72.